The van der Waals surface area contributed by atoms with E-state index in [1.54, 1.807) is 24.3 Å². The summed E-state index contributed by atoms with van der Waals surface area (Å²) in [6.45, 7) is 0. The van der Waals surface area contributed by atoms with E-state index in [2.05, 4.69) is 5.32 Å². The zero-order valence-corrected chi connectivity index (χ0v) is 9.12. The zero-order chi connectivity index (χ0) is 11.0. The van der Waals surface area contributed by atoms with Crippen LogP contribution in [0.3, 0.4) is 0 Å². The first-order valence-electron chi connectivity index (χ1n) is 4.15. The number of rotatable bonds is 2. The third-order valence-corrected chi connectivity index (χ3v) is 3.85. The molecule has 0 saturated heterocycles. The molecule has 1 aromatic rings. The van der Waals surface area contributed by atoms with Crippen molar-refractivity contribution in [2.45, 2.75) is 10.7 Å². The van der Waals surface area contributed by atoms with Crippen molar-refractivity contribution in [3.8, 4) is 0 Å². The summed E-state index contributed by atoms with van der Waals surface area (Å²) in [6.07, 6.45) is 0. The van der Waals surface area contributed by atoms with E-state index in [1.165, 1.54) is 0 Å². The third kappa shape index (κ3) is 1.88. The second-order valence-electron chi connectivity index (χ2n) is 3.11. The van der Waals surface area contributed by atoms with Crippen molar-refractivity contribution in [1.29, 1.82) is 0 Å². The smallest absolute Gasteiger partial charge is 0.175 e. The van der Waals surface area contributed by atoms with Gasteiger partial charge in [-0.3, -0.25) is 5.32 Å². The first-order valence-corrected chi connectivity index (χ1v) is 6.49. The van der Waals surface area contributed by atoms with Crippen LogP contribution in [0.2, 0.25) is 0 Å². The van der Waals surface area contributed by atoms with Crippen LogP contribution in [0.25, 0.3) is 0 Å². The van der Waals surface area contributed by atoms with Crippen molar-refractivity contribution in [3.05, 3.63) is 35.4 Å². The Bertz CT molecular complexity index is 397. The molecule has 0 spiro atoms. The van der Waals surface area contributed by atoms with E-state index in [4.69, 9.17) is 9.11 Å². The van der Waals surface area contributed by atoms with Gasteiger partial charge < -0.3 is 9.11 Å². The standard InChI is InChI=1S/C8H9NO4S2/c10-14(11)7-5-3-1-2-4-6(5)8(9-7)15(12)13/h1-4,7-9H,(H,10,11)(H,12,13). The highest BCUT2D eigenvalue weighted by Gasteiger charge is 2.36. The van der Waals surface area contributed by atoms with Crippen molar-refractivity contribution >= 4 is 22.2 Å². The number of benzene rings is 1. The minimum absolute atomic E-state index is 0.603. The zero-order valence-electron chi connectivity index (χ0n) is 7.49. The first-order chi connectivity index (χ1) is 7.11. The summed E-state index contributed by atoms with van der Waals surface area (Å²) in [5.41, 5.74) is 1.21. The van der Waals surface area contributed by atoms with Crippen LogP contribution < -0.4 is 5.32 Å². The molecule has 0 aromatic heterocycles. The molecule has 0 saturated carbocycles. The van der Waals surface area contributed by atoms with Gasteiger partial charge in [0.2, 0.25) is 0 Å². The molecule has 0 fully saturated rings. The Morgan fingerprint density at radius 1 is 1.00 bits per heavy atom. The first kappa shape index (κ1) is 10.9. The lowest BCUT2D eigenvalue weighted by atomic mass is 10.1. The van der Waals surface area contributed by atoms with Gasteiger partial charge in [-0.1, -0.05) is 24.3 Å². The average Bonchev–Trinajstić information content (AvgIpc) is 2.56. The highest BCUT2D eigenvalue weighted by molar-refractivity contribution is 7.80. The lowest BCUT2D eigenvalue weighted by Crippen LogP contribution is -2.23. The highest BCUT2D eigenvalue weighted by Crippen LogP contribution is 2.35. The van der Waals surface area contributed by atoms with Gasteiger partial charge in [-0.15, -0.1) is 0 Å². The van der Waals surface area contributed by atoms with E-state index in [1.807, 2.05) is 0 Å². The monoisotopic (exact) mass is 247 g/mol. The number of hydrogen-bond donors (Lipinski definition) is 3. The topological polar surface area (TPSA) is 86.6 Å². The summed E-state index contributed by atoms with van der Waals surface area (Å²) in [4.78, 5) is 0. The lowest BCUT2D eigenvalue weighted by Gasteiger charge is -2.08. The van der Waals surface area contributed by atoms with Gasteiger partial charge in [-0.25, -0.2) is 8.42 Å². The maximum Gasteiger partial charge on any atom is 0.175 e. The largest absolute Gasteiger partial charge is 0.305 e. The Morgan fingerprint density at radius 3 is 1.73 bits per heavy atom. The fraction of sp³-hybridized carbons (Fsp3) is 0.250. The van der Waals surface area contributed by atoms with E-state index in [-0.39, 0.29) is 0 Å². The molecule has 4 atom stereocenters. The molecule has 15 heavy (non-hydrogen) atoms. The molecule has 0 aliphatic carbocycles. The normalized spacial score (nSPS) is 28.4. The molecule has 1 aliphatic heterocycles. The molecule has 0 amide bonds. The fourth-order valence-electron chi connectivity index (χ4n) is 1.64. The highest BCUT2D eigenvalue weighted by atomic mass is 32.2. The molecule has 4 unspecified atom stereocenters. The van der Waals surface area contributed by atoms with Gasteiger partial charge in [0.25, 0.3) is 0 Å². The van der Waals surface area contributed by atoms with Gasteiger partial charge in [-0.2, -0.15) is 0 Å². The molecule has 2 rings (SSSR count). The van der Waals surface area contributed by atoms with Crippen molar-refractivity contribution in [3.63, 3.8) is 0 Å². The van der Waals surface area contributed by atoms with Gasteiger partial charge in [0, 0.05) is 0 Å². The van der Waals surface area contributed by atoms with Crippen LogP contribution in [-0.2, 0) is 22.2 Å². The second-order valence-corrected chi connectivity index (χ2v) is 5.16. The van der Waals surface area contributed by atoms with Crippen LogP contribution in [-0.4, -0.2) is 17.5 Å². The maximum absolute atomic E-state index is 11.0. The molecule has 0 bridgehead atoms. The Labute approximate surface area is 91.5 Å². The molecule has 82 valence electrons. The van der Waals surface area contributed by atoms with Crippen molar-refractivity contribution in [1.82, 2.24) is 5.32 Å². The third-order valence-electron chi connectivity index (χ3n) is 2.27. The summed E-state index contributed by atoms with van der Waals surface area (Å²) in [5, 5.41) is 1.08. The summed E-state index contributed by atoms with van der Waals surface area (Å²) >= 11 is -4.19. The fourth-order valence-corrected chi connectivity index (χ4v) is 3.09. The minimum Gasteiger partial charge on any atom is -0.305 e. The van der Waals surface area contributed by atoms with Crippen molar-refractivity contribution in [2.75, 3.05) is 0 Å². The van der Waals surface area contributed by atoms with E-state index >= 15 is 0 Å². The quantitative estimate of drug-likeness (QED) is 0.671. The molecule has 1 aromatic carbocycles. The second kappa shape index (κ2) is 4.11. The minimum atomic E-state index is -2.10. The molecular weight excluding hydrogens is 238 g/mol. The number of nitrogens with one attached hydrogen (secondary N) is 1. The molecule has 5 nitrogen and oxygen atoms in total. The predicted molar refractivity (Wildman–Crippen MR) is 56.6 cm³/mol. The van der Waals surface area contributed by atoms with E-state index in [0.717, 1.165) is 0 Å². The van der Waals surface area contributed by atoms with Crippen LogP contribution in [0.4, 0.5) is 0 Å². The van der Waals surface area contributed by atoms with Gasteiger partial charge in [0.05, 0.1) is 0 Å². The van der Waals surface area contributed by atoms with Gasteiger partial charge in [-0.05, 0) is 11.1 Å². The molecule has 7 heteroatoms. The van der Waals surface area contributed by atoms with Gasteiger partial charge >= 0.3 is 0 Å². The van der Waals surface area contributed by atoms with Crippen molar-refractivity contribution in [2.24, 2.45) is 0 Å². The molecule has 3 N–H and O–H groups in total. The Kier molecular flexibility index (Phi) is 2.98. The van der Waals surface area contributed by atoms with E-state index in [0.29, 0.717) is 11.1 Å². The van der Waals surface area contributed by atoms with Crippen LogP contribution >= 0.6 is 0 Å². The Hall–Kier alpha value is -0.600. The van der Waals surface area contributed by atoms with Crippen LogP contribution in [0.5, 0.6) is 0 Å². The number of hydrogen-bond acceptors (Lipinski definition) is 3. The lowest BCUT2D eigenvalue weighted by molar-refractivity contribution is 0.516. The average molecular weight is 247 g/mol. The summed E-state index contributed by atoms with van der Waals surface area (Å²) in [7, 11) is 0. The van der Waals surface area contributed by atoms with E-state index < -0.39 is 32.9 Å². The summed E-state index contributed by atoms with van der Waals surface area (Å²) < 4.78 is 40.1. The molecular formula is C8H9NO4S2. The Balaban J connectivity index is 2.48. The maximum atomic E-state index is 11.0. The van der Waals surface area contributed by atoms with Crippen LogP contribution in [0, 0.1) is 0 Å². The Morgan fingerprint density at radius 2 is 1.40 bits per heavy atom. The van der Waals surface area contributed by atoms with E-state index in [9.17, 15) is 8.42 Å². The number of fused-ring (bicyclic) bond motifs is 1. The van der Waals surface area contributed by atoms with Gasteiger partial charge in [0.1, 0.15) is 10.7 Å². The predicted octanol–water partition coefficient (Wildman–Crippen LogP) is 0.730. The van der Waals surface area contributed by atoms with Crippen LogP contribution in [0.15, 0.2) is 24.3 Å². The summed E-state index contributed by atoms with van der Waals surface area (Å²) in [6, 6.07) is 6.80. The van der Waals surface area contributed by atoms with Crippen molar-refractivity contribution < 1.29 is 17.5 Å². The van der Waals surface area contributed by atoms with Gasteiger partial charge in [0.15, 0.2) is 22.2 Å². The molecule has 1 aliphatic rings. The summed E-state index contributed by atoms with van der Waals surface area (Å²) in [5.74, 6) is 0. The van der Waals surface area contributed by atoms with Crippen LogP contribution in [0.1, 0.15) is 21.9 Å². The SMILES string of the molecule is O=S(O)C1NC(S(=O)O)c2ccccc21. The molecule has 0 radical (unpaired) electrons. The molecule has 1 heterocycles.